The van der Waals surface area contributed by atoms with E-state index >= 15 is 0 Å². The van der Waals surface area contributed by atoms with Crippen LogP contribution in [0.25, 0.3) is 0 Å². The summed E-state index contributed by atoms with van der Waals surface area (Å²) in [6.45, 7) is 5.99. The van der Waals surface area contributed by atoms with Gasteiger partial charge >= 0.3 is 0 Å². The zero-order valence-electron chi connectivity index (χ0n) is 14.1. The zero-order valence-corrected chi connectivity index (χ0v) is 17.2. The fourth-order valence-corrected chi connectivity index (χ4v) is 2.24. The van der Waals surface area contributed by atoms with Crippen LogP contribution in [0, 0.1) is 0 Å². The largest absolute Gasteiger partial charge is 0.383 e. The molecule has 0 saturated heterocycles. The first kappa shape index (κ1) is 22.4. The van der Waals surface area contributed by atoms with Gasteiger partial charge in [0.25, 0.3) is 0 Å². The third-order valence-corrected chi connectivity index (χ3v) is 3.30. The number of guanidine groups is 1. The Hall–Kier alpha value is -0.570. The predicted molar refractivity (Wildman–Crippen MR) is 107 cm³/mol. The van der Waals surface area contributed by atoms with Gasteiger partial charge in [0.1, 0.15) is 6.10 Å². The molecule has 0 saturated carbocycles. The van der Waals surface area contributed by atoms with Gasteiger partial charge in [0, 0.05) is 31.8 Å². The molecule has 0 aliphatic carbocycles. The van der Waals surface area contributed by atoms with Crippen molar-refractivity contribution >= 4 is 41.5 Å². The van der Waals surface area contributed by atoms with Crippen LogP contribution in [0.2, 0.25) is 5.02 Å². The minimum Gasteiger partial charge on any atom is -0.383 e. The number of methoxy groups -OCH3 is 2. The highest BCUT2D eigenvalue weighted by Crippen LogP contribution is 2.20. The van der Waals surface area contributed by atoms with Crippen molar-refractivity contribution in [2.75, 3.05) is 33.9 Å². The highest BCUT2D eigenvalue weighted by Gasteiger charge is 2.11. The summed E-state index contributed by atoms with van der Waals surface area (Å²) in [5, 5.41) is 7.21. The third-order valence-electron chi connectivity index (χ3n) is 3.06. The van der Waals surface area contributed by atoms with E-state index in [0.717, 1.165) is 18.1 Å². The molecule has 0 aromatic heterocycles. The molecule has 1 aromatic carbocycles. The maximum absolute atomic E-state index is 6.03. The topological polar surface area (TPSA) is 54.9 Å². The smallest absolute Gasteiger partial charge is 0.191 e. The average molecular weight is 456 g/mol. The summed E-state index contributed by atoms with van der Waals surface area (Å²) in [6, 6.07) is 7.83. The van der Waals surface area contributed by atoms with Gasteiger partial charge in [-0.2, -0.15) is 0 Å². The maximum atomic E-state index is 6.03. The summed E-state index contributed by atoms with van der Waals surface area (Å²) < 4.78 is 10.7. The van der Waals surface area contributed by atoms with Crippen molar-refractivity contribution in [1.82, 2.24) is 10.6 Å². The standard InChI is InChI=1S/C16H26ClN3O2.HI/c1-5-18-16(20-12(2)11-21-3)19-10-15(22-4)13-7-6-8-14(17)9-13;/h6-9,12,15H,5,10-11H2,1-4H3,(H2,18,19,20);1H. The van der Waals surface area contributed by atoms with Crippen molar-refractivity contribution in [2.24, 2.45) is 4.99 Å². The Balaban J connectivity index is 0.00000484. The molecule has 0 amide bonds. The fraction of sp³-hybridized carbons (Fsp3) is 0.562. The molecule has 1 aromatic rings. The summed E-state index contributed by atoms with van der Waals surface area (Å²) in [5.74, 6) is 0.746. The first-order valence-corrected chi connectivity index (χ1v) is 7.80. The van der Waals surface area contributed by atoms with Crippen molar-refractivity contribution in [3.63, 3.8) is 0 Å². The van der Waals surface area contributed by atoms with Crippen molar-refractivity contribution in [3.05, 3.63) is 34.9 Å². The lowest BCUT2D eigenvalue weighted by atomic mass is 10.1. The molecule has 1 rings (SSSR count). The Morgan fingerprint density at radius 3 is 2.65 bits per heavy atom. The number of nitrogens with one attached hydrogen (secondary N) is 2. The number of hydrogen-bond acceptors (Lipinski definition) is 3. The van der Waals surface area contributed by atoms with Gasteiger partial charge in [-0.15, -0.1) is 24.0 Å². The molecule has 0 aliphatic heterocycles. The fourth-order valence-electron chi connectivity index (χ4n) is 2.04. The van der Waals surface area contributed by atoms with Gasteiger partial charge in [0.05, 0.1) is 13.2 Å². The number of nitrogens with zero attached hydrogens (tertiary/aromatic N) is 1. The quantitative estimate of drug-likeness (QED) is 0.359. The Labute approximate surface area is 161 Å². The van der Waals surface area contributed by atoms with E-state index < -0.39 is 0 Å². The SMILES string of the molecule is CCNC(=NCC(OC)c1cccc(Cl)c1)NC(C)COC.I. The van der Waals surface area contributed by atoms with Gasteiger partial charge in [-0.1, -0.05) is 23.7 Å². The molecule has 0 heterocycles. The van der Waals surface area contributed by atoms with Crippen molar-refractivity contribution in [2.45, 2.75) is 26.0 Å². The molecule has 2 atom stereocenters. The molecule has 0 bridgehead atoms. The number of aliphatic imine (C=N–C) groups is 1. The van der Waals surface area contributed by atoms with Crippen LogP contribution in [0.5, 0.6) is 0 Å². The molecule has 0 radical (unpaired) electrons. The molecule has 5 nitrogen and oxygen atoms in total. The Kier molecular flexibility index (Phi) is 12.5. The van der Waals surface area contributed by atoms with Crippen LogP contribution in [0.1, 0.15) is 25.5 Å². The van der Waals surface area contributed by atoms with E-state index in [1.165, 1.54) is 0 Å². The minimum atomic E-state index is -0.133. The van der Waals surface area contributed by atoms with Crippen molar-refractivity contribution < 1.29 is 9.47 Å². The van der Waals surface area contributed by atoms with E-state index in [9.17, 15) is 0 Å². The van der Waals surface area contributed by atoms with Crippen molar-refractivity contribution in [3.8, 4) is 0 Å². The van der Waals surface area contributed by atoms with E-state index in [0.29, 0.717) is 18.2 Å². The Morgan fingerprint density at radius 2 is 2.09 bits per heavy atom. The lowest BCUT2D eigenvalue weighted by Gasteiger charge is -2.19. The van der Waals surface area contributed by atoms with Gasteiger partial charge in [-0.25, -0.2) is 0 Å². The molecular weight excluding hydrogens is 429 g/mol. The second-order valence-electron chi connectivity index (χ2n) is 5.00. The van der Waals surface area contributed by atoms with Crippen LogP contribution >= 0.6 is 35.6 Å². The van der Waals surface area contributed by atoms with Crippen molar-refractivity contribution in [1.29, 1.82) is 0 Å². The van der Waals surface area contributed by atoms with Crippen LogP contribution in [0.15, 0.2) is 29.3 Å². The van der Waals surface area contributed by atoms with Gasteiger partial charge in [-0.3, -0.25) is 4.99 Å². The highest BCUT2D eigenvalue weighted by atomic mass is 127. The van der Waals surface area contributed by atoms with Gasteiger partial charge in [-0.05, 0) is 31.5 Å². The molecule has 132 valence electrons. The number of benzene rings is 1. The first-order valence-electron chi connectivity index (χ1n) is 7.42. The minimum absolute atomic E-state index is 0. The van der Waals surface area contributed by atoms with Crippen LogP contribution in [-0.4, -0.2) is 45.9 Å². The molecule has 2 unspecified atom stereocenters. The first-order chi connectivity index (χ1) is 10.6. The predicted octanol–water partition coefficient (Wildman–Crippen LogP) is 3.24. The second-order valence-corrected chi connectivity index (χ2v) is 5.44. The van der Waals surface area contributed by atoms with Crippen LogP contribution in [0.4, 0.5) is 0 Å². The summed E-state index contributed by atoms with van der Waals surface area (Å²) in [5.41, 5.74) is 1.01. The highest BCUT2D eigenvalue weighted by molar-refractivity contribution is 14.0. The zero-order chi connectivity index (χ0) is 16.4. The lowest BCUT2D eigenvalue weighted by Crippen LogP contribution is -2.44. The average Bonchev–Trinajstić information content (AvgIpc) is 2.48. The summed E-state index contributed by atoms with van der Waals surface area (Å²) in [6.07, 6.45) is -0.133. The molecule has 23 heavy (non-hydrogen) atoms. The number of halogens is 2. The van der Waals surface area contributed by atoms with E-state index in [-0.39, 0.29) is 36.1 Å². The molecular formula is C16H27ClIN3O2. The van der Waals surface area contributed by atoms with E-state index in [2.05, 4.69) is 15.6 Å². The molecule has 2 N–H and O–H groups in total. The lowest BCUT2D eigenvalue weighted by molar-refractivity contribution is 0.111. The summed E-state index contributed by atoms with van der Waals surface area (Å²) >= 11 is 6.03. The van der Waals surface area contributed by atoms with E-state index in [1.807, 2.05) is 38.1 Å². The van der Waals surface area contributed by atoms with Gasteiger partial charge < -0.3 is 20.1 Å². The molecule has 0 spiro atoms. The molecule has 0 aliphatic rings. The van der Waals surface area contributed by atoms with E-state index in [4.69, 9.17) is 21.1 Å². The Morgan fingerprint density at radius 1 is 1.35 bits per heavy atom. The van der Waals surface area contributed by atoms with Gasteiger partial charge in [0.2, 0.25) is 0 Å². The van der Waals surface area contributed by atoms with Crippen LogP contribution < -0.4 is 10.6 Å². The monoisotopic (exact) mass is 455 g/mol. The summed E-state index contributed by atoms with van der Waals surface area (Å²) in [7, 11) is 3.36. The maximum Gasteiger partial charge on any atom is 0.191 e. The van der Waals surface area contributed by atoms with Crippen LogP contribution in [-0.2, 0) is 9.47 Å². The Bertz CT molecular complexity index is 474. The number of rotatable bonds is 8. The molecule has 7 heteroatoms. The van der Waals surface area contributed by atoms with E-state index in [1.54, 1.807) is 14.2 Å². The summed E-state index contributed by atoms with van der Waals surface area (Å²) in [4.78, 5) is 4.58. The number of hydrogen-bond donors (Lipinski definition) is 2. The van der Waals surface area contributed by atoms with Gasteiger partial charge in [0.15, 0.2) is 5.96 Å². The van der Waals surface area contributed by atoms with Crippen LogP contribution in [0.3, 0.4) is 0 Å². The second kappa shape index (κ2) is 12.8. The number of ether oxygens (including phenoxy) is 2. The third kappa shape index (κ3) is 8.74. The molecule has 0 fully saturated rings. The normalized spacial score (nSPS) is 13.9.